The van der Waals surface area contributed by atoms with Gasteiger partial charge < -0.3 is 9.15 Å². The normalized spacial score (nSPS) is 11.5. The fourth-order valence-electron chi connectivity index (χ4n) is 3.73. The summed E-state index contributed by atoms with van der Waals surface area (Å²) in [5.74, 6) is 1.33. The molecule has 0 atom stereocenters. The van der Waals surface area contributed by atoms with Crippen molar-refractivity contribution in [3.05, 3.63) is 78.9 Å². The van der Waals surface area contributed by atoms with Crippen LogP contribution >= 0.6 is 0 Å². The number of benzene rings is 4. The summed E-state index contributed by atoms with van der Waals surface area (Å²) < 4.78 is 11.5. The van der Waals surface area contributed by atoms with E-state index in [2.05, 4.69) is 0 Å². The fourth-order valence-corrected chi connectivity index (χ4v) is 3.73. The number of fused-ring (bicyclic) bond motifs is 6. The van der Waals surface area contributed by atoms with E-state index in [0.29, 0.717) is 17.0 Å². The van der Waals surface area contributed by atoms with E-state index in [9.17, 15) is 0 Å². The molecule has 0 spiro atoms. The van der Waals surface area contributed by atoms with Gasteiger partial charge in [-0.15, -0.1) is 10.2 Å². The minimum Gasteiger partial charge on any atom is -0.497 e. The zero-order chi connectivity index (χ0) is 20.1. The summed E-state index contributed by atoms with van der Waals surface area (Å²) in [4.78, 5) is 6.45. The molecule has 0 amide bonds. The highest BCUT2D eigenvalue weighted by molar-refractivity contribution is 6.20. The first-order valence-electron chi connectivity index (χ1n) is 9.60. The highest BCUT2D eigenvalue weighted by atomic mass is 16.5. The lowest BCUT2D eigenvalue weighted by molar-refractivity contribution is 0.415. The molecule has 0 aliphatic rings. The molecule has 0 bridgehead atoms. The second-order valence-corrected chi connectivity index (χ2v) is 6.99. The summed E-state index contributed by atoms with van der Waals surface area (Å²) in [6.07, 6.45) is 0. The van der Waals surface area contributed by atoms with Crippen LogP contribution in [0.5, 0.6) is 5.75 Å². The van der Waals surface area contributed by atoms with Crippen LogP contribution < -0.4 is 4.74 Å². The van der Waals surface area contributed by atoms with Crippen LogP contribution in [0.15, 0.2) is 83.3 Å². The van der Waals surface area contributed by atoms with Crippen LogP contribution in [0.4, 0.5) is 0 Å². The van der Waals surface area contributed by atoms with Gasteiger partial charge >= 0.3 is 0 Å². The van der Waals surface area contributed by atoms with Crippen molar-refractivity contribution in [3.63, 3.8) is 0 Å². The highest BCUT2D eigenvalue weighted by Gasteiger charge is 2.20. The van der Waals surface area contributed by atoms with Gasteiger partial charge in [0, 0.05) is 16.3 Å². The summed E-state index contributed by atoms with van der Waals surface area (Å²) in [5, 5.41) is 11.5. The predicted octanol–water partition coefficient (Wildman–Crippen LogP) is 5.39. The van der Waals surface area contributed by atoms with Gasteiger partial charge in [-0.3, -0.25) is 0 Å². The maximum Gasteiger partial charge on any atom is 0.227 e. The van der Waals surface area contributed by atoms with Crippen LogP contribution in [0.25, 0.3) is 50.0 Å². The van der Waals surface area contributed by atoms with Gasteiger partial charge in [0.1, 0.15) is 22.3 Å². The molecule has 0 N–H and O–H groups in total. The molecular weight excluding hydrogens is 376 g/mol. The maximum absolute atomic E-state index is 6.23. The average Bonchev–Trinajstić information content (AvgIpc) is 3.45. The molecule has 0 aliphatic heterocycles. The lowest BCUT2D eigenvalue weighted by atomic mass is 10.1. The molecule has 6 heteroatoms. The second-order valence-electron chi connectivity index (χ2n) is 6.99. The Kier molecular flexibility index (Phi) is 3.58. The van der Waals surface area contributed by atoms with E-state index in [-0.39, 0.29) is 0 Å². The first-order valence-corrected chi connectivity index (χ1v) is 9.60. The summed E-state index contributed by atoms with van der Waals surface area (Å²) in [5.41, 5.74) is 4.71. The number of oxazole rings is 1. The number of aromatic nitrogens is 4. The second kappa shape index (κ2) is 6.42. The van der Waals surface area contributed by atoms with Crippen molar-refractivity contribution in [2.24, 2.45) is 0 Å². The summed E-state index contributed by atoms with van der Waals surface area (Å²) in [6, 6.07) is 25.6. The molecule has 2 aromatic heterocycles. The monoisotopic (exact) mass is 392 g/mol. The van der Waals surface area contributed by atoms with Crippen molar-refractivity contribution in [3.8, 4) is 22.9 Å². The molecule has 0 aliphatic carbocycles. The maximum atomic E-state index is 6.23. The van der Waals surface area contributed by atoms with Crippen LogP contribution in [0.3, 0.4) is 0 Å². The highest BCUT2D eigenvalue weighted by Crippen LogP contribution is 2.36. The quantitative estimate of drug-likeness (QED) is 0.404. The smallest absolute Gasteiger partial charge is 0.227 e. The topological polar surface area (TPSA) is 66.0 Å². The zero-order valence-electron chi connectivity index (χ0n) is 16.1. The standard InChI is InChI=1S/C24H16N4O2/c1-29-17-13-11-15(12-14-17)24-25-22-21-20(18-9-5-6-10-19(18)23(22)30-24)26-28(27-21)16-7-3-2-4-8-16/h2-14H,1H3. The molecule has 0 radical (unpaired) electrons. The van der Waals surface area contributed by atoms with Crippen molar-refractivity contribution >= 4 is 32.9 Å². The number of ether oxygens (including phenoxy) is 1. The number of hydrogen-bond donors (Lipinski definition) is 0. The molecule has 6 aromatic rings. The molecular formula is C24H16N4O2. The summed E-state index contributed by atoms with van der Waals surface area (Å²) in [6.45, 7) is 0. The predicted molar refractivity (Wildman–Crippen MR) is 116 cm³/mol. The van der Waals surface area contributed by atoms with Crippen molar-refractivity contribution in [2.45, 2.75) is 0 Å². The van der Waals surface area contributed by atoms with Crippen LogP contribution in [-0.4, -0.2) is 27.1 Å². The van der Waals surface area contributed by atoms with Crippen molar-refractivity contribution in [1.82, 2.24) is 20.0 Å². The lowest BCUT2D eigenvalue weighted by Gasteiger charge is -1.99. The van der Waals surface area contributed by atoms with Crippen molar-refractivity contribution < 1.29 is 9.15 Å². The Balaban J connectivity index is 1.66. The Morgan fingerprint density at radius 1 is 0.733 bits per heavy atom. The molecule has 6 rings (SSSR count). The summed E-state index contributed by atoms with van der Waals surface area (Å²) >= 11 is 0. The van der Waals surface area contributed by atoms with Crippen LogP contribution in [0.1, 0.15) is 0 Å². The van der Waals surface area contributed by atoms with E-state index in [1.54, 1.807) is 11.9 Å². The molecule has 0 saturated heterocycles. The third kappa shape index (κ3) is 2.47. The van der Waals surface area contributed by atoms with E-state index in [1.807, 2.05) is 78.9 Å². The number of hydrogen-bond acceptors (Lipinski definition) is 5. The first kappa shape index (κ1) is 16.7. The lowest BCUT2D eigenvalue weighted by Crippen LogP contribution is -1.97. The van der Waals surface area contributed by atoms with E-state index < -0.39 is 0 Å². The Bertz CT molecular complexity index is 1520. The van der Waals surface area contributed by atoms with E-state index in [4.69, 9.17) is 24.3 Å². The van der Waals surface area contributed by atoms with E-state index in [1.165, 1.54) is 0 Å². The summed E-state index contributed by atoms with van der Waals surface area (Å²) in [7, 11) is 1.65. The third-order valence-electron chi connectivity index (χ3n) is 5.22. The molecule has 30 heavy (non-hydrogen) atoms. The fraction of sp³-hybridized carbons (Fsp3) is 0.0417. The van der Waals surface area contributed by atoms with Gasteiger partial charge in [-0.25, -0.2) is 4.98 Å². The van der Waals surface area contributed by atoms with Crippen LogP contribution in [-0.2, 0) is 0 Å². The SMILES string of the molecule is COc1ccc(-c2nc3c4nn(-c5ccccc5)nc4c4ccccc4c3o2)cc1. The van der Waals surface area contributed by atoms with Gasteiger partial charge in [-0.1, -0.05) is 42.5 Å². The van der Waals surface area contributed by atoms with E-state index in [0.717, 1.165) is 38.8 Å². The van der Waals surface area contributed by atoms with Crippen LogP contribution in [0.2, 0.25) is 0 Å². The number of nitrogens with zero attached hydrogens (tertiary/aromatic N) is 4. The molecule has 144 valence electrons. The molecule has 4 aromatic carbocycles. The van der Waals surface area contributed by atoms with Gasteiger partial charge in [0.25, 0.3) is 0 Å². The van der Waals surface area contributed by atoms with Gasteiger partial charge in [0.05, 0.1) is 12.8 Å². The molecule has 2 heterocycles. The zero-order valence-corrected chi connectivity index (χ0v) is 16.1. The molecule has 0 unspecified atom stereocenters. The third-order valence-corrected chi connectivity index (χ3v) is 5.22. The van der Waals surface area contributed by atoms with E-state index >= 15 is 0 Å². The van der Waals surface area contributed by atoms with Gasteiger partial charge in [0.2, 0.25) is 5.89 Å². The minimum absolute atomic E-state index is 0.541. The van der Waals surface area contributed by atoms with Crippen LogP contribution in [0, 0.1) is 0 Å². The Labute approximate surface area is 171 Å². The molecule has 0 fully saturated rings. The Hall–Kier alpha value is -4.19. The Morgan fingerprint density at radius 2 is 1.43 bits per heavy atom. The number of para-hydroxylation sites is 1. The number of methoxy groups -OCH3 is 1. The molecule has 6 nitrogen and oxygen atoms in total. The molecule has 0 saturated carbocycles. The van der Waals surface area contributed by atoms with Gasteiger partial charge in [-0.2, -0.15) is 4.80 Å². The largest absolute Gasteiger partial charge is 0.497 e. The Morgan fingerprint density at radius 3 is 2.20 bits per heavy atom. The van der Waals surface area contributed by atoms with Gasteiger partial charge in [-0.05, 0) is 36.4 Å². The van der Waals surface area contributed by atoms with Gasteiger partial charge in [0.15, 0.2) is 5.58 Å². The van der Waals surface area contributed by atoms with Crippen molar-refractivity contribution in [2.75, 3.05) is 7.11 Å². The minimum atomic E-state index is 0.541. The van der Waals surface area contributed by atoms with Crippen molar-refractivity contribution in [1.29, 1.82) is 0 Å². The average molecular weight is 392 g/mol. The first-order chi connectivity index (χ1) is 14.8. The number of rotatable bonds is 3.